The first-order valence-electron chi connectivity index (χ1n) is 8.69. The second-order valence-electron chi connectivity index (χ2n) is 7.10. The van der Waals surface area contributed by atoms with Crippen molar-refractivity contribution < 1.29 is 19.0 Å². The number of ether oxygens (including phenoxy) is 3. The molecule has 7 nitrogen and oxygen atoms in total. The van der Waals surface area contributed by atoms with Crippen molar-refractivity contribution in [3.8, 4) is 5.75 Å². The number of carbonyl (C=O) groups excluding carboxylic acids is 1. The molecular weight excluding hydrogens is 346 g/mol. The Morgan fingerprint density at radius 1 is 1.26 bits per heavy atom. The summed E-state index contributed by atoms with van der Waals surface area (Å²) >= 11 is 0. The van der Waals surface area contributed by atoms with Crippen LogP contribution in [0.1, 0.15) is 45.1 Å². The maximum atomic E-state index is 11.8. The highest BCUT2D eigenvalue weighted by Crippen LogP contribution is 2.27. The van der Waals surface area contributed by atoms with Crippen LogP contribution >= 0.6 is 0 Å². The lowest BCUT2D eigenvalue weighted by atomic mass is 10.1. The van der Waals surface area contributed by atoms with Gasteiger partial charge < -0.3 is 19.9 Å². The standard InChI is InChI=1S/C20H27N3O4/c1-13(14-9-10-17(25-5)16(21)11-14)26-12-15-7-6-8-18(22-15)23-19(24)27-20(2,3)4/h6-11,13H,12,21H2,1-5H3,(H,22,23,24). The van der Waals surface area contributed by atoms with Gasteiger partial charge in [0.25, 0.3) is 0 Å². The van der Waals surface area contributed by atoms with Crippen LogP contribution in [0.5, 0.6) is 5.75 Å². The number of nitrogens with two attached hydrogens (primary N) is 1. The topological polar surface area (TPSA) is 95.7 Å². The first kappa shape index (κ1) is 20.5. The summed E-state index contributed by atoms with van der Waals surface area (Å²) in [6, 6.07) is 10.9. The van der Waals surface area contributed by atoms with E-state index in [9.17, 15) is 4.79 Å². The van der Waals surface area contributed by atoms with Crippen LogP contribution in [0.2, 0.25) is 0 Å². The van der Waals surface area contributed by atoms with Gasteiger partial charge in [-0.25, -0.2) is 9.78 Å². The third kappa shape index (κ3) is 6.45. The number of aromatic nitrogens is 1. The van der Waals surface area contributed by atoms with E-state index in [2.05, 4.69) is 10.3 Å². The van der Waals surface area contributed by atoms with E-state index in [1.54, 1.807) is 40.0 Å². The smallest absolute Gasteiger partial charge is 0.413 e. The number of amides is 1. The SMILES string of the molecule is COc1ccc(C(C)OCc2cccc(NC(=O)OC(C)(C)C)n2)cc1N. The molecule has 146 valence electrons. The number of carbonyl (C=O) groups is 1. The van der Waals surface area contributed by atoms with Crippen LogP contribution in [0.15, 0.2) is 36.4 Å². The summed E-state index contributed by atoms with van der Waals surface area (Å²) in [6.45, 7) is 7.63. The Labute approximate surface area is 159 Å². The molecule has 3 N–H and O–H groups in total. The molecule has 0 aliphatic heterocycles. The molecule has 0 fully saturated rings. The molecule has 0 spiro atoms. The average Bonchev–Trinajstić information content (AvgIpc) is 2.58. The molecule has 0 radical (unpaired) electrons. The molecule has 1 aromatic heterocycles. The average molecular weight is 373 g/mol. The molecule has 0 aliphatic carbocycles. The number of hydrogen-bond acceptors (Lipinski definition) is 6. The number of nitrogen functional groups attached to an aromatic ring is 1. The van der Waals surface area contributed by atoms with Gasteiger partial charge >= 0.3 is 6.09 Å². The van der Waals surface area contributed by atoms with E-state index >= 15 is 0 Å². The normalized spacial score (nSPS) is 12.3. The van der Waals surface area contributed by atoms with Crippen molar-refractivity contribution in [3.63, 3.8) is 0 Å². The molecule has 0 saturated heterocycles. The maximum absolute atomic E-state index is 11.8. The zero-order valence-corrected chi connectivity index (χ0v) is 16.4. The minimum Gasteiger partial charge on any atom is -0.495 e. The second-order valence-corrected chi connectivity index (χ2v) is 7.10. The van der Waals surface area contributed by atoms with Crippen molar-refractivity contribution in [1.29, 1.82) is 0 Å². The molecule has 27 heavy (non-hydrogen) atoms. The molecule has 2 aromatic rings. The van der Waals surface area contributed by atoms with Gasteiger partial charge in [0.2, 0.25) is 0 Å². The van der Waals surface area contributed by atoms with Crippen LogP contribution in [0.25, 0.3) is 0 Å². The maximum Gasteiger partial charge on any atom is 0.413 e. The van der Waals surface area contributed by atoms with Gasteiger partial charge in [-0.1, -0.05) is 12.1 Å². The van der Waals surface area contributed by atoms with Crippen LogP contribution in [0, 0.1) is 0 Å². The summed E-state index contributed by atoms with van der Waals surface area (Å²) < 4.78 is 16.3. The van der Waals surface area contributed by atoms with Crippen LogP contribution in [0.4, 0.5) is 16.3 Å². The first-order chi connectivity index (χ1) is 12.7. The van der Waals surface area contributed by atoms with E-state index in [1.165, 1.54) is 0 Å². The number of nitrogens with zero attached hydrogens (tertiary/aromatic N) is 1. The molecule has 1 heterocycles. The molecule has 0 aliphatic rings. The molecule has 1 amide bonds. The lowest BCUT2D eigenvalue weighted by molar-refractivity contribution is 0.0505. The fourth-order valence-electron chi connectivity index (χ4n) is 2.35. The lowest BCUT2D eigenvalue weighted by Crippen LogP contribution is -2.27. The van der Waals surface area contributed by atoms with Crippen molar-refractivity contribution in [3.05, 3.63) is 47.7 Å². The van der Waals surface area contributed by atoms with Gasteiger partial charge in [-0.2, -0.15) is 0 Å². The van der Waals surface area contributed by atoms with E-state index in [-0.39, 0.29) is 12.7 Å². The Kier molecular flexibility index (Phi) is 6.63. The van der Waals surface area contributed by atoms with Crippen molar-refractivity contribution in [2.45, 2.75) is 46.0 Å². The van der Waals surface area contributed by atoms with Gasteiger partial charge in [0.15, 0.2) is 0 Å². The van der Waals surface area contributed by atoms with E-state index in [4.69, 9.17) is 19.9 Å². The fourth-order valence-corrected chi connectivity index (χ4v) is 2.35. The quantitative estimate of drug-likeness (QED) is 0.733. The van der Waals surface area contributed by atoms with Gasteiger partial charge in [0, 0.05) is 0 Å². The van der Waals surface area contributed by atoms with Gasteiger partial charge in [0.1, 0.15) is 17.2 Å². The van der Waals surface area contributed by atoms with Gasteiger partial charge in [-0.15, -0.1) is 0 Å². The second kappa shape index (κ2) is 8.73. The third-order valence-corrected chi connectivity index (χ3v) is 3.64. The lowest BCUT2D eigenvalue weighted by Gasteiger charge is -2.19. The summed E-state index contributed by atoms with van der Waals surface area (Å²) in [5, 5.41) is 2.62. The van der Waals surface area contributed by atoms with Crippen molar-refractivity contribution in [2.75, 3.05) is 18.2 Å². The Morgan fingerprint density at radius 2 is 2.00 bits per heavy atom. The monoisotopic (exact) mass is 373 g/mol. The molecule has 1 atom stereocenters. The van der Waals surface area contributed by atoms with E-state index in [1.807, 2.05) is 31.2 Å². The zero-order chi connectivity index (χ0) is 20.0. The third-order valence-electron chi connectivity index (χ3n) is 3.64. The Balaban J connectivity index is 1.96. The zero-order valence-electron chi connectivity index (χ0n) is 16.4. The molecular formula is C20H27N3O4. The summed E-state index contributed by atoms with van der Waals surface area (Å²) in [5.74, 6) is 1.04. The molecule has 7 heteroatoms. The van der Waals surface area contributed by atoms with Gasteiger partial charge in [-0.05, 0) is 57.5 Å². The van der Waals surface area contributed by atoms with Crippen LogP contribution in [-0.4, -0.2) is 23.8 Å². The van der Waals surface area contributed by atoms with Gasteiger partial charge in [-0.3, -0.25) is 5.32 Å². The highest BCUT2D eigenvalue weighted by molar-refractivity contribution is 5.83. The fraction of sp³-hybridized carbons (Fsp3) is 0.400. The number of hydrogen-bond donors (Lipinski definition) is 2. The number of rotatable bonds is 6. The highest BCUT2D eigenvalue weighted by Gasteiger charge is 2.16. The number of methoxy groups -OCH3 is 1. The van der Waals surface area contributed by atoms with Crippen molar-refractivity contribution in [2.24, 2.45) is 0 Å². The summed E-state index contributed by atoms with van der Waals surface area (Å²) in [4.78, 5) is 16.2. The predicted octanol–water partition coefficient (Wildman–Crippen LogP) is 4.30. The Hall–Kier alpha value is -2.80. The number of pyridine rings is 1. The van der Waals surface area contributed by atoms with E-state index < -0.39 is 11.7 Å². The Bertz CT molecular complexity index is 787. The number of anilines is 2. The predicted molar refractivity (Wildman–Crippen MR) is 105 cm³/mol. The highest BCUT2D eigenvalue weighted by atomic mass is 16.6. The van der Waals surface area contributed by atoms with E-state index in [0.717, 1.165) is 5.56 Å². The first-order valence-corrected chi connectivity index (χ1v) is 8.69. The van der Waals surface area contributed by atoms with Crippen LogP contribution in [-0.2, 0) is 16.1 Å². The molecule has 1 aromatic carbocycles. The van der Waals surface area contributed by atoms with Crippen LogP contribution in [0.3, 0.4) is 0 Å². The van der Waals surface area contributed by atoms with Crippen LogP contribution < -0.4 is 15.8 Å². The number of benzene rings is 1. The van der Waals surface area contributed by atoms with E-state index in [0.29, 0.717) is 22.9 Å². The molecule has 2 rings (SSSR count). The number of nitrogens with one attached hydrogen (secondary N) is 1. The largest absolute Gasteiger partial charge is 0.495 e. The molecule has 0 bridgehead atoms. The molecule has 1 unspecified atom stereocenters. The summed E-state index contributed by atoms with van der Waals surface area (Å²) in [7, 11) is 1.58. The summed E-state index contributed by atoms with van der Waals surface area (Å²) in [6.07, 6.45) is -0.724. The summed E-state index contributed by atoms with van der Waals surface area (Å²) in [5.41, 5.74) is 7.57. The van der Waals surface area contributed by atoms with Crippen molar-refractivity contribution >= 4 is 17.6 Å². The van der Waals surface area contributed by atoms with Crippen molar-refractivity contribution in [1.82, 2.24) is 4.98 Å². The minimum absolute atomic E-state index is 0.178. The van der Waals surface area contributed by atoms with Gasteiger partial charge in [0.05, 0.1) is 31.2 Å². The molecule has 0 saturated carbocycles. The Morgan fingerprint density at radius 3 is 2.63 bits per heavy atom. The minimum atomic E-state index is -0.569.